The van der Waals surface area contributed by atoms with Gasteiger partial charge in [-0.1, -0.05) is 0 Å². The largest absolute Gasteiger partial charge is 4.00 e. The Morgan fingerprint density at radius 2 is 0.286 bits per heavy atom. The van der Waals surface area contributed by atoms with E-state index in [2.05, 4.69) is 0 Å². The molecule has 0 saturated heterocycles. The molecule has 0 aliphatic heterocycles. The van der Waals surface area contributed by atoms with Crippen molar-refractivity contribution in [2.24, 2.45) is 0 Å². The quantitative estimate of drug-likeness (QED) is 0.376. The molecule has 0 bridgehead atoms. The van der Waals surface area contributed by atoms with E-state index >= 15 is 0 Å². The first-order chi connectivity index (χ1) is 0. The molecule has 0 aliphatic rings. The zero-order valence-corrected chi connectivity index (χ0v) is 14.1. The second kappa shape index (κ2) is 78.1. The summed E-state index contributed by atoms with van der Waals surface area (Å²) in [6, 6.07) is 0. The zero-order chi connectivity index (χ0) is 0. The van der Waals surface area contributed by atoms with Gasteiger partial charge in [-0.15, -0.1) is 0 Å². The van der Waals surface area contributed by atoms with E-state index in [4.69, 9.17) is 0 Å². The van der Waals surface area contributed by atoms with Gasteiger partial charge >= 0.3 is 77.5 Å². The van der Waals surface area contributed by atoms with Crippen molar-refractivity contribution >= 4 is 0 Å². The Labute approximate surface area is 101 Å². The summed E-state index contributed by atoms with van der Waals surface area (Å²) in [4.78, 5) is 0. The van der Waals surface area contributed by atoms with Crippen LogP contribution in [0.1, 0.15) is 0 Å². The van der Waals surface area contributed by atoms with Crippen LogP contribution in [0, 0.1) is 0 Å². The molecule has 0 unspecified atom stereocenters. The van der Waals surface area contributed by atoms with E-state index in [1.165, 1.54) is 0 Å². The van der Waals surface area contributed by atoms with Gasteiger partial charge in [-0.25, -0.2) is 0 Å². The molecule has 0 rings (SSSR count). The maximum absolute atomic E-state index is 0. The SMILES string of the molecule is [Hf+4].[Hf+4].[Hf+4].[N-3].[N-3].[N-3].[N-3]. The van der Waals surface area contributed by atoms with Crippen molar-refractivity contribution in [1.29, 1.82) is 0 Å². The minimum absolute atomic E-state index is 0. The molecule has 0 radical (unpaired) electrons. The van der Waals surface area contributed by atoms with Gasteiger partial charge in [0, 0.05) is 0 Å². The van der Waals surface area contributed by atoms with Crippen LogP contribution in [0.2, 0.25) is 0 Å². The summed E-state index contributed by atoms with van der Waals surface area (Å²) in [5.41, 5.74) is 0. The molecule has 0 saturated carbocycles. The summed E-state index contributed by atoms with van der Waals surface area (Å²) in [7, 11) is 0. The molecular weight excluding hydrogens is 591 g/mol. The smallest absolute Gasteiger partial charge is 3.00 e. The van der Waals surface area contributed by atoms with Crippen LogP contribution in [0.3, 0.4) is 0 Å². The fraction of sp³-hybridized carbons (Fsp3) is 0. The molecule has 0 amide bonds. The normalized spacial score (nSPS) is 0. The van der Waals surface area contributed by atoms with Crippen LogP contribution in [0.5, 0.6) is 0 Å². The van der Waals surface area contributed by atoms with Gasteiger partial charge in [-0.3, -0.25) is 0 Å². The van der Waals surface area contributed by atoms with Gasteiger partial charge in [0.25, 0.3) is 0 Å². The summed E-state index contributed by atoms with van der Waals surface area (Å²) < 4.78 is 0. The zero-order valence-electron chi connectivity index (χ0n) is 3.29. The summed E-state index contributed by atoms with van der Waals surface area (Å²) in [5, 5.41) is 0. The van der Waals surface area contributed by atoms with Crippen molar-refractivity contribution in [2.45, 2.75) is 0 Å². The summed E-state index contributed by atoms with van der Waals surface area (Å²) in [6.45, 7) is 0. The fourth-order valence-corrected chi connectivity index (χ4v) is 0. The first-order valence-electron chi connectivity index (χ1n) is 0. The second-order valence-corrected chi connectivity index (χ2v) is 0. The van der Waals surface area contributed by atoms with E-state index in [1.807, 2.05) is 0 Å². The Bertz CT molecular complexity index is 6.90. The first kappa shape index (κ1) is 112. The van der Waals surface area contributed by atoms with Crippen molar-refractivity contribution in [1.82, 2.24) is 0 Å². The molecular formula is Hf3N4. The Morgan fingerprint density at radius 3 is 0.286 bits per heavy atom. The van der Waals surface area contributed by atoms with Gasteiger partial charge in [-0.05, 0) is 0 Å². The van der Waals surface area contributed by atoms with E-state index in [9.17, 15) is 0 Å². The Morgan fingerprint density at radius 1 is 0.286 bits per heavy atom. The molecule has 0 N–H and O–H groups in total. The van der Waals surface area contributed by atoms with Gasteiger partial charge in [0.2, 0.25) is 0 Å². The molecule has 0 heterocycles. The van der Waals surface area contributed by atoms with Crippen LogP contribution in [-0.2, 0) is 77.5 Å². The van der Waals surface area contributed by atoms with Crippen LogP contribution >= 0.6 is 0 Å². The van der Waals surface area contributed by atoms with Crippen LogP contribution in [0.15, 0.2) is 0 Å². The predicted octanol–water partition coefficient (Wildman–Crippen LogP) is 1.15. The van der Waals surface area contributed by atoms with Crippen LogP contribution in [0.25, 0.3) is 24.6 Å². The predicted molar refractivity (Wildman–Crippen MR) is 13.4 cm³/mol. The van der Waals surface area contributed by atoms with Crippen molar-refractivity contribution < 1.29 is 77.5 Å². The molecule has 0 aromatic carbocycles. The second-order valence-electron chi connectivity index (χ2n) is 0. The van der Waals surface area contributed by atoms with Crippen molar-refractivity contribution in [3.05, 3.63) is 24.6 Å². The van der Waals surface area contributed by atoms with E-state index in [0.29, 0.717) is 0 Å². The minimum Gasteiger partial charge on any atom is -3.00 e. The minimum atomic E-state index is 0. The van der Waals surface area contributed by atoms with Gasteiger partial charge in [0.15, 0.2) is 0 Å². The summed E-state index contributed by atoms with van der Waals surface area (Å²) in [6.07, 6.45) is 0. The molecule has 0 spiro atoms. The third kappa shape index (κ3) is 58.6. The number of hydrogen-bond donors (Lipinski definition) is 0. The molecule has 0 aliphatic carbocycles. The molecule has 4 nitrogen and oxygen atoms in total. The van der Waals surface area contributed by atoms with Crippen molar-refractivity contribution in [3.8, 4) is 0 Å². The number of hydrogen-bond acceptors (Lipinski definition) is 0. The van der Waals surface area contributed by atoms with E-state index in [0.717, 1.165) is 0 Å². The maximum atomic E-state index is 0. The van der Waals surface area contributed by atoms with Crippen molar-refractivity contribution in [2.75, 3.05) is 0 Å². The fourth-order valence-electron chi connectivity index (χ4n) is 0. The first-order valence-corrected chi connectivity index (χ1v) is 0. The molecule has 32 valence electrons. The van der Waals surface area contributed by atoms with Crippen LogP contribution < -0.4 is 0 Å². The third-order valence-electron chi connectivity index (χ3n) is 0. The van der Waals surface area contributed by atoms with Gasteiger partial charge < -0.3 is 24.6 Å². The van der Waals surface area contributed by atoms with E-state index in [-0.39, 0.29) is 102 Å². The molecule has 0 atom stereocenters. The number of nitrogens with zero attached hydrogens (tertiary/aromatic N) is 4. The molecule has 7 heavy (non-hydrogen) atoms. The van der Waals surface area contributed by atoms with Crippen LogP contribution in [0.4, 0.5) is 0 Å². The van der Waals surface area contributed by atoms with Gasteiger partial charge in [-0.2, -0.15) is 0 Å². The molecule has 7 heteroatoms. The average molecular weight is 591 g/mol. The number of rotatable bonds is 0. The van der Waals surface area contributed by atoms with Gasteiger partial charge in [0.05, 0.1) is 0 Å². The maximum Gasteiger partial charge on any atom is 4.00 e. The van der Waals surface area contributed by atoms with Gasteiger partial charge in [0.1, 0.15) is 0 Å². The summed E-state index contributed by atoms with van der Waals surface area (Å²) >= 11 is 0. The standard InChI is InChI=1S/3Hf.4N/q3*+4;4*-3. The molecule has 0 aromatic rings. The van der Waals surface area contributed by atoms with Crippen molar-refractivity contribution in [3.63, 3.8) is 0 Å². The van der Waals surface area contributed by atoms with E-state index in [1.54, 1.807) is 0 Å². The van der Waals surface area contributed by atoms with E-state index < -0.39 is 0 Å². The molecule has 0 aromatic heterocycles. The molecule has 0 fully saturated rings. The Kier molecular flexibility index (Phi) is 1250. The third-order valence-corrected chi connectivity index (χ3v) is 0. The monoisotopic (exact) mass is 596 g/mol. The summed E-state index contributed by atoms with van der Waals surface area (Å²) in [5.74, 6) is 0. The Balaban J connectivity index is 0. The topological polar surface area (TPSA) is 122 Å². The van der Waals surface area contributed by atoms with Crippen LogP contribution in [-0.4, -0.2) is 0 Å². The average Bonchev–Trinajstić information content (AvgIpc) is 0. The Hall–Kier alpha value is 2.45.